The highest BCUT2D eigenvalue weighted by Crippen LogP contribution is 2.29. The SMILES string of the molecule is CC1CCN(C(CNC(=O)c2ccccc2OCC(=O)Nc2ccccc2F)c2cccs2)CC1. The van der Waals surface area contributed by atoms with Crippen LogP contribution in [0.5, 0.6) is 5.75 Å². The van der Waals surface area contributed by atoms with E-state index in [2.05, 4.69) is 33.9 Å². The number of rotatable bonds is 9. The van der Waals surface area contributed by atoms with Gasteiger partial charge in [0, 0.05) is 11.4 Å². The average molecular weight is 496 g/mol. The molecule has 8 heteroatoms. The standard InChI is InChI=1S/C27H30FN3O3S/c1-19-12-14-31(15-13-19)23(25-11-6-16-35-25)17-29-27(33)20-7-2-5-10-24(20)34-18-26(32)30-22-9-4-3-8-21(22)28/h2-11,16,19,23H,12-15,17-18H2,1H3,(H,29,33)(H,30,32). The Morgan fingerprint density at radius 3 is 2.57 bits per heavy atom. The first-order valence-electron chi connectivity index (χ1n) is 11.8. The number of likely N-dealkylation sites (tertiary alicyclic amines) is 1. The van der Waals surface area contributed by atoms with Gasteiger partial charge in [-0.3, -0.25) is 14.5 Å². The molecule has 2 N–H and O–H groups in total. The molecule has 1 aromatic heterocycles. The molecule has 0 saturated carbocycles. The summed E-state index contributed by atoms with van der Waals surface area (Å²) in [6.45, 7) is 4.44. The molecule has 0 bridgehead atoms. The molecular formula is C27H30FN3O3S. The third-order valence-electron chi connectivity index (χ3n) is 6.22. The lowest BCUT2D eigenvalue weighted by Crippen LogP contribution is -2.41. The van der Waals surface area contributed by atoms with Crippen LogP contribution in [0.25, 0.3) is 0 Å². The molecule has 2 aromatic carbocycles. The maximum Gasteiger partial charge on any atom is 0.262 e. The normalized spacial score (nSPS) is 15.4. The van der Waals surface area contributed by atoms with E-state index < -0.39 is 11.7 Å². The van der Waals surface area contributed by atoms with Gasteiger partial charge in [0.2, 0.25) is 0 Å². The Bertz CT molecular complexity index is 1130. The van der Waals surface area contributed by atoms with E-state index in [-0.39, 0.29) is 24.2 Å². The molecule has 35 heavy (non-hydrogen) atoms. The maximum absolute atomic E-state index is 13.8. The second-order valence-electron chi connectivity index (χ2n) is 8.77. The molecule has 0 aliphatic carbocycles. The molecule has 0 radical (unpaired) electrons. The van der Waals surface area contributed by atoms with E-state index in [1.54, 1.807) is 47.7 Å². The van der Waals surface area contributed by atoms with Crippen LogP contribution in [0.15, 0.2) is 66.0 Å². The van der Waals surface area contributed by atoms with Crippen LogP contribution in [0.2, 0.25) is 0 Å². The van der Waals surface area contributed by atoms with E-state index in [4.69, 9.17) is 4.74 Å². The quantitative estimate of drug-likeness (QED) is 0.433. The highest BCUT2D eigenvalue weighted by molar-refractivity contribution is 7.10. The van der Waals surface area contributed by atoms with E-state index in [0.717, 1.165) is 31.8 Å². The first kappa shape index (κ1) is 24.9. The van der Waals surface area contributed by atoms with Crippen molar-refractivity contribution < 1.29 is 18.7 Å². The van der Waals surface area contributed by atoms with E-state index in [9.17, 15) is 14.0 Å². The second-order valence-corrected chi connectivity index (χ2v) is 9.75. The fraction of sp³-hybridized carbons (Fsp3) is 0.333. The lowest BCUT2D eigenvalue weighted by Gasteiger charge is -2.36. The summed E-state index contributed by atoms with van der Waals surface area (Å²) in [5.74, 6) is -0.272. The Labute approximate surface area is 209 Å². The van der Waals surface area contributed by atoms with Crippen molar-refractivity contribution in [3.05, 3.63) is 82.3 Å². The van der Waals surface area contributed by atoms with Crippen LogP contribution in [0.4, 0.5) is 10.1 Å². The minimum atomic E-state index is -0.524. The molecule has 184 valence electrons. The first-order chi connectivity index (χ1) is 17.0. The van der Waals surface area contributed by atoms with E-state index in [1.165, 1.54) is 17.0 Å². The predicted molar refractivity (Wildman–Crippen MR) is 136 cm³/mol. The molecule has 2 amide bonds. The lowest BCUT2D eigenvalue weighted by molar-refractivity contribution is -0.118. The molecule has 1 atom stereocenters. The van der Waals surface area contributed by atoms with Gasteiger partial charge in [-0.2, -0.15) is 0 Å². The van der Waals surface area contributed by atoms with Crippen molar-refractivity contribution in [1.82, 2.24) is 10.2 Å². The van der Waals surface area contributed by atoms with Gasteiger partial charge in [-0.15, -0.1) is 11.3 Å². The van der Waals surface area contributed by atoms with E-state index >= 15 is 0 Å². The zero-order valence-electron chi connectivity index (χ0n) is 19.7. The number of amides is 2. The summed E-state index contributed by atoms with van der Waals surface area (Å²) >= 11 is 1.70. The predicted octanol–water partition coefficient (Wildman–Crippen LogP) is 5.11. The number of carbonyl (C=O) groups is 2. The summed E-state index contributed by atoms with van der Waals surface area (Å²) in [6.07, 6.45) is 2.31. The highest BCUT2D eigenvalue weighted by atomic mass is 32.1. The minimum Gasteiger partial charge on any atom is -0.483 e. The number of nitrogens with one attached hydrogen (secondary N) is 2. The summed E-state index contributed by atoms with van der Waals surface area (Å²) in [5.41, 5.74) is 0.433. The minimum absolute atomic E-state index is 0.0823. The van der Waals surface area contributed by atoms with Gasteiger partial charge in [0.05, 0.1) is 17.3 Å². The molecule has 1 unspecified atom stereocenters. The Morgan fingerprint density at radius 2 is 1.83 bits per heavy atom. The van der Waals surface area contributed by atoms with E-state index in [1.807, 2.05) is 6.07 Å². The van der Waals surface area contributed by atoms with Crippen molar-refractivity contribution in [2.24, 2.45) is 5.92 Å². The van der Waals surface area contributed by atoms with Crippen LogP contribution in [-0.2, 0) is 4.79 Å². The fourth-order valence-electron chi connectivity index (χ4n) is 4.19. The number of hydrogen-bond donors (Lipinski definition) is 2. The molecule has 2 heterocycles. The number of anilines is 1. The number of piperidine rings is 1. The molecule has 3 aromatic rings. The van der Waals surface area contributed by atoms with Gasteiger partial charge in [0.15, 0.2) is 6.61 Å². The summed E-state index contributed by atoms with van der Waals surface area (Å²) in [4.78, 5) is 29.0. The van der Waals surface area contributed by atoms with Crippen molar-refractivity contribution in [2.45, 2.75) is 25.8 Å². The zero-order valence-corrected chi connectivity index (χ0v) is 20.5. The van der Waals surface area contributed by atoms with Gasteiger partial charge >= 0.3 is 0 Å². The third kappa shape index (κ3) is 6.68. The zero-order chi connectivity index (χ0) is 24.6. The molecule has 1 aliphatic rings. The monoisotopic (exact) mass is 495 g/mol. The smallest absolute Gasteiger partial charge is 0.262 e. The Balaban J connectivity index is 1.37. The van der Waals surface area contributed by atoms with Gasteiger partial charge < -0.3 is 15.4 Å². The maximum atomic E-state index is 13.8. The van der Waals surface area contributed by atoms with Crippen LogP contribution < -0.4 is 15.4 Å². The van der Waals surface area contributed by atoms with Crippen LogP contribution in [0.1, 0.15) is 41.0 Å². The number of benzene rings is 2. The third-order valence-corrected chi connectivity index (χ3v) is 7.20. The highest BCUT2D eigenvalue weighted by Gasteiger charge is 2.26. The molecule has 4 rings (SSSR count). The number of ether oxygens (including phenoxy) is 1. The summed E-state index contributed by atoms with van der Waals surface area (Å²) < 4.78 is 19.4. The van der Waals surface area contributed by atoms with Crippen LogP contribution in [-0.4, -0.2) is 43.0 Å². The molecule has 1 fully saturated rings. The molecule has 0 spiro atoms. The number of halogens is 1. The van der Waals surface area contributed by atoms with Crippen molar-refractivity contribution in [3.8, 4) is 5.75 Å². The fourth-order valence-corrected chi connectivity index (χ4v) is 5.05. The summed E-state index contributed by atoms with van der Waals surface area (Å²) in [5, 5.41) is 7.61. The average Bonchev–Trinajstić information content (AvgIpc) is 3.40. The summed E-state index contributed by atoms with van der Waals surface area (Å²) in [6, 6.07) is 17.0. The van der Waals surface area contributed by atoms with Gasteiger partial charge in [0.25, 0.3) is 11.8 Å². The number of nitrogens with zero attached hydrogens (tertiary/aromatic N) is 1. The number of thiophene rings is 1. The van der Waals surface area contributed by atoms with Gasteiger partial charge in [-0.1, -0.05) is 37.3 Å². The number of carbonyl (C=O) groups excluding carboxylic acids is 2. The number of para-hydroxylation sites is 2. The molecule has 1 saturated heterocycles. The topological polar surface area (TPSA) is 70.7 Å². The van der Waals surface area contributed by atoms with Gasteiger partial charge in [-0.25, -0.2) is 4.39 Å². The van der Waals surface area contributed by atoms with Crippen molar-refractivity contribution >= 4 is 28.8 Å². The Hall–Kier alpha value is -3.23. The van der Waals surface area contributed by atoms with Crippen LogP contribution in [0, 0.1) is 11.7 Å². The van der Waals surface area contributed by atoms with Crippen molar-refractivity contribution in [3.63, 3.8) is 0 Å². The van der Waals surface area contributed by atoms with Crippen LogP contribution >= 0.6 is 11.3 Å². The Morgan fingerprint density at radius 1 is 1.09 bits per heavy atom. The first-order valence-corrected chi connectivity index (χ1v) is 12.7. The van der Waals surface area contributed by atoms with Crippen molar-refractivity contribution in [2.75, 3.05) is 31.6 Å². The number of hydrogen-bond acceptors (Lipinski definition) is 5. The Kier molecular flexibility index (Phi) is 8.50. The van der Waals surface area contributed by atoms with Crippen molar-refractivity contribution in [1.29, 1.82) is 0 Å². The van der Waals surface area contributed by atoms with Gasteiger partial charge in [-0.05, 0) is 67.6 Å². The largest absolute Gasteiger partial charge is 0.483 e. The van der Waals surface area contributed by atoms with Gasteiger partial charge in [0.1, 0.15) is 11.6 Å². The van der Waals surface area contributed by atoms with Crippen LogP contribution in [0.3, 0.4) is 0 Å². The second kappa shape index (κ2) is 12.0. The molecule has 1 aliphatic heterocycles. The molecule has 6 nitrogen and oxygen atoms in total. The molecular weight excluding hydrogens is 465 g/mol. The lowest BCUT2D eigenvalue weighted by atomic mass is 9.97. The van der Waals surface area contributed by atoms with E-state index in [0.29, 0.717) is 17.9 Å². The summed E-state index contributed by atoms with van der Waals surface area (Å²) in [7, 11) is 0.